The standard InChI is InChI=1S/C14H13ClN2OS/c1-19-10-5-2-4-9(8-10)17-14(18)11-6-3-7-12(16)13(11)15/h2-8H,16H2,1H3,(H,17,18). The zero-order valence-corrected chi connectivity index (χ0v) is 11.9. The quantitative estimate of drug-likeness (QED) is 0.666. The molecule has 5 heteroatoms. The van der Waals surface area contributed by atoms with Crippen LogP contribution >= 0.6 is 23.4 Å². The van der Waals surface area contributed by atoms with E-state index >= 15 is 0 Å². The summed E-state index contributed by atoms with van der Waals surface area (Å²) in [7, 11) is 0. The molecule has 0 aromatic heterocycles. The first-order chi connectivity index (χ1) is 9.11. The van der Waals surface area contributed by atoms with Gasteiger partial charge in [0.2, 0.25) is 0 Å². The highest BCUT2D eigenvalue weighted by molar-refractivity contribution is 7.98. The van der Waals surface area contributed by atoms with E-state index in [1.807, 2.05) is 30.5 Å². The van der Waals surface area contributed by atoms with E-state index in [1.54, 1.807) is 30.0 Å². The van der Waals surface area contributed by atoms with E-state index in [-0.39, 0.29) is 10.9 Å². The zero-order valence-electron chi connectivity index (χ0n) is 10.3. The molecule has 0 saturated heterocycles. The molecular formula is C14H13ClN2OS. The topological polar surface area (TPSA) is 55.1 Å². The Morgan fingerprint density at radius 1 is 1.26 bits per heavy atom. The van der Waals surface area contributed by atoms with Gasteiger partial charge >= 0.3 is 0 Å². The number of carbonyl (C=O) groups is 1. The number of amides is 1. The predicted molar refractivity (Wildman–Crippen MR) is 82.0 cm³/mol. The summed E-state index contributed by atoms with van der Waals surface area (Å²) in [5, 5.41) is 3.09. The van der Waals surface area contributed by atoms with Gasteiger partial charge in [-0.2, -0.15) is 0 Å². The molecule has 19 heavy (non-hydrogen) atoms. The Balaban J connectivity index is 2.23. The first-order valence-corrected chi connectivity index (χ1v) is 7.21. The van der Waals surface area contributed by atoms with Crippen molar-refractivity contribution in [2.24, 2.45) is 0 Å². The molecule has 0 radical (unpaired) electrons. The fourth-order valence-electron chi connectivity index (χ4n) is 1.62. The summed E-state index contributed by atoms with van der Waals surface area (Å²) in [5.41, 5.74) is 7.18. The molecule has 0 aliphatic heterocycles. The summed E-state index contributed by atoms with van der Waals surface area (Å²) in [4.78, 5) is 13.2. The van der Waals surface area contributed by atoms with Crippen molar-refractivity contribution in [2.45, 2.75) is 4.90 Å². The van der Waals surface area contributed by atoms with E-state index in [0.717, 1.165) is 10.6 Å². The van der Waals surface area contributed by atoms with Crippen molar-refractivity contribution in [2.75, 3.05) is 17.3 Å². The molecule has 2 rings (SSSR count). The van der Waals surface area contributed by atoms with Crippen molar-refractivity contribution < 1.29 is 4.79 Å². The van der Waals surface area contributed by atoms with Gasteiger partial charge in [0.25, 0.3) is 5.91 Å². The highest BCUT2D eigenvalue weighted by atomic mass is 35.5. The van der Waals surface area contributed by atoms with E-state index in [1.165, 1.54) is 0 Å². The normalized spacial score (nSPS) is 10.2. The van der Waals surface area contributed by atoms with Crippen LogP contribution in [-0.4, -0.2) is 12.2 Å². The van der Waals surface area contributed by atoms with Gasteiger partial charge in [-0.1, -0.05) is 23.7 Å². The fourth-order valence-corrected chi connectivity index (χ4v) is 2.30. The average molecular weight is 293 g/mol. The largest absolute Gasteiger partial charge is 0.398 e. The van der Waals surface area contributed by atoms with Gasteiger partial charge in [-0.3, -0.25) is 4.79 Å². The van der Waals surface area contributed by atoms with E-state index in [4.69, 9.17) is 17.3 Å². The number of benzene rings is 2. The SMILES string of the molecule is CSc1cccc(NC(=O)c2cccc(N)c2Cl)c1. The Kier molecular flexibility index (Phi) is 4.35. The van der Waals surface area contributed by atoms with Crippen molar-refractivity contribution in [3.05, 3.63) is 53.1 Å². The molecule has 98 valence electrons. The van der Waals surface area contributed by atoms with Crippen LogP contribution in [0.2, 0.25) is 5.02 Å². The van der Waals surface area contributed by atoms with E-state index in [0.29, 0.717) is 11.3 Å². The Morgan fingerprint density at radius 2 is 2.00 bits per heavy atom. The number of rotatable bonds is 3. The Bertz CT molecular complexity index is 616. The summed E-state index contributed by atoms with van der Waals surface area (Å²) >= 11 is 7.64. The lowest BCUT2D eigenvalue weighted by atomic mass is 10.2. The predicted octanol–water partition coefficient (Wildman–Crippen LogP) is 3.90. The third kappa shape index (κ3) is 3.22. The number of anilines is 2. The van der Waals surface area contributed by atoms with Crippen LogP contribution in [0.5, 0.6) is 0 Å². The van der Waals surface area contributed by atoms with Crippen molar-refractivity contribution >= 4 is 40.6 Å². The molecule has 0 spiro atoms. The molecule has 0 saturated carbocycles. The highest BCUT2D eigenvalue weighted by Gasteiger charge is 2.12. The van der Waals surface area contributed by atoms with Crippen molar-refractivity contribution in [3.63, 3.8) is 0 Å². The Hall–Kier alpha value is -1.65. The number of carbonyl (C=O) groups excluding carboxylic acids is 1. The number of nitrogen functional groups attached to an aromatic ring is 1. The molecular weight excluding hydrogens is 280 g/mol. The number of hydrogen-bond acceptors (Lipinski definition) is 3. The van der Waals surface area contributed by atoms with Gasteiger partial charge in [-0.05, 0) is 36.6 Å². The molecule has 0 aliphatic carbocycles. The summed E-state index contributed by atoms with van der Waals surface area (Å²) < 4.78 is 0. The lowest BCUT2D eigenvalue weighted by molar-refractivity contribution is 0.102. The molecule has 3 N–H and O–H groups in total. The van der Waals surface area contributed by atoms with Crippen LogP contribution < -0.4 is 11.1 Å². The third-order valence-corrected chi connectivity index (χ3v) is 3.75. The van der Waals surface area contributed by atoms with Crippen LogP contribution in [0.4, 0.5) is 11.4 Å². The van der Waals surface area contributed by atoms with Gasteiger partial charge in [0.05, 0.1) is 16.3 Å². The second-order valence-corrected chi connectivity index (χ2v) is 5.15. The first-order valence-electron chi connectivity index (χ1n) is 5.61. The zero-order chi connectivity index (χ0) is 13.8. The monoisotopic (exact) mass is 292 g/mol. The van der Waals surface area contributed by atoms with Crippen LogP contribution in [0.15, 0.2) is 47.4 Å². The fraction of sp³-hybridized carbons (Fsp3) is 0.0714. The number of thioether (sulfide) groups is 1. The van der Waals surface area contributed by atoms with Crippen molar-refractivity contribution in [1.29, 1.82) is 0 Å². The van der Waals surface area contributed by atoms with Crippen LogP contribution in [0.25, 0.3) is 0 Å². The maximum atomic E-state index is 12.1. The molecule has 0 heterocycles. The van der Waals surface area contributed by atoms with Gasteiger partial charge in [0.1, 0.15) is 0 Å². The minimum atomic E-state index is -0.268. The van der Waals surface area contributed by atoms with Gasteiger partial charge in [-0.25, -0.2) is 0 Å². The van der Waals surface area contributed by atoms with Gasteiger partial charge in [-0.15, -0.1) is 11.8 Å². The minimum absolute atomic E-state index is 0.268. The van der Waals surface area contributed by atoms with Gasteiger partial charge < -0.3 is 11.1 Å². The number of hydrogen-bond donors (Lipinski definition) is 2. The van der Waals surface area contributed by atoms with Crippen LogP contribution in [0.3, 0.4) is 0 Å². The molecule has 3 nitrogen and oxygen atoms in total. The molecule has 1 amide bonds. The van der Waals surface area contributed by atoms with Crippen LogP contribution in [-0.2, 0) is 0 Å². The first kappa shape index (κ1) is 13.8. The molecule has 0 atom stereocenters. The molecule has 2 aromatic rings. The van der Waals surface area contributed by atoms with Gasteiger partial charge in [0.15, 0.2) is 0 Å². The van der Waals surface area contributed by atoms with E-state index in [9.17, 15) is 4.79 Å². The third-order valence-electron chi connectivity index (χ3n) is 2.60. The average Bonchev–Trinajstić information content (AvgIpc) is 2.42. The molecule has 2 aromatic carbocycles. The smallest absolute Gasteiger partial charge is 0.257 e. The lowest BCUT2D eigenvalue weighted by Gasteiger charge is -2.08. The molecule has 0 bridgehead atoms. The van der Waals surface area contributed by atoms with Crippen molar-refractivity contribution in [3.8, 4) is 0 Å². The minimum Gasteiger partial charge on any atom is -0.398 e. The van der Waals surface area contributed by atoms with Gasteiger partial charge in [0, 0.05) is 10.6 Å². The second-order valence-electron chi connectivity index (χ2n) is 3.89. The summed E-state index contributed by atoms with van der Waals surface area (Å²) in [6.07, 6.45) is 1.98. The highest BCUT2D eigenvalue weighted by Crippen LogP contribution is 2.25. The summed E-state index contributed by atoms with van der Waals surface area (Å²) in [5.74, 6) is -0.268. The number of nitrogens with two attached hydrogens (primary N) is 1. The lowest BCUT2D eigenvalue weighted by Crippen LogP contribution is -2.13. The maximum absolute atomic E-state index is 12.1. The molecule has 0 fully saturated rings. The number of halogens is 1. The Labute approximate surface area is 121 Å². The van der Waals surface area contributed by atoms with Crippen molar-refractivity contribution in [1.82, 2.24) is 0 Å². The maximum Gasteiger partial charge on any atom is 0.257 e. The summed E-state index contributed by atoms with van der Waals surface area (Å²) in [6.45, 7) is 0. The molecule has 0 unspecified atom stereocenters. The Morgan fingerprint density at radius 3 is 2.74 bits per heavy atom. The van der Waals surface area contributed by atoms with Crippen LogP contribution in [0, 0.1) is 0 Å². The number of nitrogens with one attached hydrogen (secondary N) is 1. The van der Waals surface area contributed by atoms with E-state index < -0.39 is 0 Å². The molecule has 0 aliphatic rings. The van der Waals surface area contributed by atoms with Crippen LogP contribution in [0.1, 0.15) is 10.4 Å². The second kappa shape index (κ2) is 5.99. The summed E-state index contributed by atoms with van der Waals surface area (Å²) in [6, 6.07) is 12.6. The van der Waals surface area contributed by atoms with E-state index in [2.05, 4.69) is 5.32 Å².